The van der Waals surface area contributed by atoms with Gasteiger partial charge in [0, 0.05) is 24.5 Å². The van der Waals surface area contributed by atoms with Gasteiger partial charge in [0.25, 0.3) is 0 Å². The van der Waals surface area contributed by atoms with Crippen molar-refractivity contribution in [3.63, 3.8) is 0 Å². The van der Waals surface area contributed by atoms with Crippen molar-refractivity contribution in [1.82, 2.24) is 20.0 Å². The quantitative estimate of drug-likeness (QED) is 0.699. The van der Waals surface area contributed by atoms with Crippen molar-refractivity contribution < 1.29 is 4.52 Å². The standard InChI is InChI=1S/C18H18N4O/c1-22(13-5-8-15-6-3-2-4-7-15)14-17-20-18(21-23-17)16-9-11-19-12-10-16/h2-12H,13-14H2,1H3/b8-5+. The van der Waals surface area contributed by atoms with Gasteiger partial charge in [0.1, 0.15) is 0 Å². The zero-order valence-electron chi connectivity index (χ0n) is 13.0. The Bertz CT molecular complexity index is 753. The molecule has 3 aromatic rings. The minimum Gasteiger partial charge on any atom is -0.338 e. The first-order chi connectivity index (χ1) is 11.3. The number of hydrogen-bond donors (Lipinski definition) is 0. The normalized spacial score (nSPS) is 11.4. The van der Waals surface area contributed by atoms with Crippen LogP contribution in [0.2, 0.25) is 0 Å². The number of benzene rings is 1. The lowest BCUT2D eigenvalue weighted by atomic mass is 10.2. The van der Waals surface area contributed by atoms with Gasteiger partial charge in [-0.05, 0) is 24.7 Å². The number of nitrogens with zero attached hydrogens (tertiary/aromatic N) is 4. The molecule has 0 bridgehead atoms. The molecular formula is C18H18N4O. The highest BCUT2D eigenvalue weighted by Gasteiger charge is 2.09. The Morgan fingerprint density at radius 1 is 1.09 bits per heavy atom. The van der Waals surface area contributed by atoms with Gasteiger partial charge in [0.2, 0.25) is 11.7 Å². The van der Waals surface area contributed by atoms with Crippen LogP contribution in [0.4, 0.5) is 0 Å². The Hall–Kier alpha value is -2.79. The summed E-state index contributed by atoms with van der Waals surface area (Å²) in [6, 6.07) is 14.0. The summed E-state index contributed by atoms with van der Waals surface area (Å²) in [5.41, 5.74) is 2.10. The van der Waals surface area contributed by atoms with Crippen LogP contribution in [0.25, 0.3) is 17.5 Å². The Morgan fingerprint density at radius 2 is 1.87 bits per heavy atom. The van der Waals surface area contributed by atoms with Gasteiger partial charge in [-0.25, -0.2) is 0 Å². The SMILES string of the molecule is CN(C/C=C/c1ccccc1)Cc1nc(-c2ccncc2)no1. The first-order valence-corrected chi connectivity index (χ1v) is 7.44. The molecule has 0 atom stereocenters. The first-order valence-electron chi connectivity index (χ1n) is 7.44. The Labute approximate surface area is 135 Å². The van der Waals surface area contributed by atoms with Gasteiger partial charge < -0.3 is 4.52 Å². The maximum Gasteiger partial charge on any atom is 0.241 e. The summed E-state index contributed by atoms with van der Waals surface area (Å²) in [5, 5.41) is 4.01. The Kier molecular flexibility index (Phi) is 4.91. The predicted molar refractivity (Wildman–Crippen MR) is 89.3 cm³/mol. The number of hydrogen-bond acceptors (Lipinski definition) is 5. The predicted octanol–water partition coefficient (Wildman–Crippen LogP) is 3.28. The number of aromatic nitrogens is 3. The molecule has 0 saturated heterocycles. The molecule has 0 saturated carbocycles. The fraction of sp³-hybridized carbons (Fsp3) is 0.167. The second-order valence-electron chi connectivity index (χ2n) is 5.26. The molecule has 1 aromatic carbocycles. The van der Waals surface area contributed by atoms with Crippen LogP contribution in [0, 0.1) is 0 Å². The van der Waals surface area contributed by atoms with Gasteiger partial charge in [-0.15, -0.1) is 0 Å². The maximum atomic E-state index is 5.31. The fourth-order valence-corrected chi connectivity index (χ4v) is 2.17. The molecule has 3 rings (SSSR count). The minimum atomic E-state index is 0.593. The fourth-order valence-electron chi connectivity index (χ4n) is 2.17. The third-order valence-corrected chi connectivity index (χ3v) is 3.34. The molecule has 0 radical (unpaired) electrons. The monoisotopic (exact) mass is 306 g/mol. The number of pyridine rings is 1. The van der Waals surface area contributed by atoms with Crippen LogP contribution in [-0.4, -0.2) is 33.6 Å². The van der Waals surface area contributed by atoms with E-state index in [0.717, 1.165) is 12.1 Å². The van der Waals surface area contributed by atoms with E-state index in [1.165, 1.54) is 5.56 Å². The topological polar surface area (TPSA) is 55.1 Å². The van der Waals surface area contributed by atoms with Crippen molar-refractivity contribution in [1.29, 1.82) is 0 Å². The summed E-state index contributed by atoms with van der Waals surface area (Å²) >= 11 is 0. The smallest absolute Gasteiger partial charge is 0.241 e. The zero-order chi connectivity index (χ0) is 15.9. The van der Waals surface area contributed by atoms with Crippen LogP contribution in [0.1, 0.15) is 11.5 Å². The molecule has 0 amide bonds. The molecule has 0 fully saturated rings. The van der Waals surface area contributed by atoms with E-state index in [-0.39, 0.29) is 0 Å². The molecule has 5 heteroatoms. The lowest BCUT2D eigenvalue weighted by Crippen LogP contribution is -2.17. The van der Waals surface area contributed by atoms with E-state index in [1.54, 1.807) is 12.4 Å². The van der Waals surface area contributed by atoms with Gasteiger partial charge in [-0.2, -0.15) is 4.98 Å². The van der Waals surface area contributed by atoms with E-state index in [9.17, 15) is 0 Å². The van der Waals surface area contributed by atoms with E-state index in [1.807, 2.05) is 37.4 Å². The molecule has 5 nitrogen and oxygen atoms in total. The van der Waals surface area contributed by atoms with Crippen LogP contribution in [0.15, 0.2) is 65.5 Å². The zero-order valence-corrected chi connectivity index (χ0v) is 13.0. The average molecular weight is 306 g/mol. The van der Waals surface area contributed by atoms with Gasteiger partial charge in [0.05, 0.1) is 6.54 Å². The van der Waals surface area contributed by atoms with E-state index >= 15 is 0 Å². The van der Waals surface area contributed by atoms with Gasteiger partial charge >= 0.3 is 0 Å². The van der Waals surface area contributed by atoms with E-state index in [0.29, 0.717) is 18.3 Å². The molecular weight excluding hydrogens is 288 g/mol. The number of rotatable bonds is 6. The molecule has 0 aliphatic rings. The summed E-state index contributed by atoms with van der Waals surface area (Å²) in [5.74, 6) is 1.20. The van der Waals surface area contributed by atoms with Crippen LogP contribution in [0.3, 0.4) is 0 Å². The summed E-state index contributed by atoms with van der Waals surface area (Å²) in [7, 11) is 2.02. The highest BCUT2D eigenvalue weighted by Crippen LogP contribution is 2.14. The summed E-state index contributed by atoms with van der Waals surface area (Å²) in [6.45, 7) is 1.42. The molecule has 23 heavy (non-hydrogen) atoms. The second-order valence-corrected chi connectivity index (χ2v) is 5.26. The highest BCUT2D eigenvalue weighted by molar-refractivity contribution is 5.52. The van der Waals surface area contributed by atoms with Crippen LogP contribution >= 0.6 is 0 Å². The maximum absolute atomic E-state index is 5.31. The second kappa shape index (κ2) is 7.47. The Balaban J connectivity index is 1.55. The van der Waals surface area contributed by atoms with E-state index < -0.39 is 0 Å². The van der Waals surface area contributed by atoms with Gasteiger partial charge in [-0.3, -0.25) is 9.88 Å². The lowest BCUT2D eigenvalue weighted by Gasteiger charge is -2.10. The molecule has 0 N–H and O–H groups in total. The average Bonchev–Trinajstić information content (AvgIpc) is 3.05. The van der Waals surface area contributed by atoms with Crippen molar-refractivity contribution in [2.45, 2.75) is 6.54 Å². The number of likely N-dealkylation sites (N-methyl/N-ethyl adjacent to an activating group) is 1. The van der Waals surface area contributed by atoms with E-state index in [4.69, 9.17) is 4.52 Å². The summed E-state index contributed by atoms with van der Waals surface area (Å²) in [6.07, 6.45) is 7.65. The highest BCUT2D eigenvalue weighted by atomic mass is 16.5. The van der Waals surface area contributed by atoms with Crippen molar-refractivity contribution in [3.05, 3.63) is 72.4 Å². The van der Waals surface area contributed by atoms with E-state index in [2.05, 4.69) is 44.3 Å². The summed E-state index contributed by atoms with van der Waals surface area (Å²) in [4.78, 5) is 10.5. The first kappa shape index (κ1) is 15.1. The largest absolute Gasteiger partial charge is 0.338 e. The van der Waals surface area contributed by atoms with Crippen LogP contribution < -0.4 is 0 Å². The molecule has 2 heterocycles. The third kappa shape index (κ3) is 4.34. The Morgan fingerprint density at radius 3 is 2.65 bits per heavy atom. The van der Waals surface area contributed by atoms with Crippen LogP contribution in [-0.2, 0) is 6.54 Å². The molecule has 2 aromatic heterocycles. The van der Waals surface area contributed by atoms with Crippen LogP contribution in [0.5, 0.6) is 0 Å². The molecule has 0 aliphatic heterocycles. The van der Waals surface area contributed by atoms with Crippen molar-refractivity contribution in [2.24, 2.45) is 0 Å². The minimum absolute atomic E-state index is 0.593. The third-order valence-electron chi connectivity index (χ3n) is 3.34. The molecule has 0 spiro atoms. The lowest BCUT2D eigenvalue weighted by molar-refractivity contribution is 0.286. The molecule has 116 valence electrons. The van der Waals surface area contributed by atoms with Gasteiger partial charge in [-0.1, -0.05) is 47.6 Å². The van der Waals surface area contributed by atoms with Crippen molar-refractivity contribution in [2.75, 3.05) is 13.6 Å². The van der Waals surface area contributed by atoms with Crippen molar-refractivity contribution in [3.8, 4) is 11.4 Å². The molecule has 0 unspecified atom stereocenters. The molecule has 0 aliphatic carbocycles. The van der Waals surface area contributed by atoms with Gasteiger partial charge in [0.15, 0.2) is 0 Å². The summed E-state index contributed by atoms with van der Waals surface area (Å²) < 4.78 is 5.31. The van der Waals surface area contributed by atoms with Crippen molar-refractivity contribution >= 4 is 6.08 Å².